The number of nitrogens with one attached hydrogen (secondary N) is 1. The molecule has 0 bridgehead atoms. The standard InChI is InChI=1S/C21H17Cl3N2O3S/c1-14-7-8-16(23)12-19(14)25-21(27)13-26(20-10-9-15(22)11-18(20)24)30(28,29)17-5-3-2-4-6-17/h2-12H,13H2,1H3,(H,25,27). The van der Waals surface area contributed by atoms with E-state index in [0.717, 1.165) is 9.87 Å². The van der Waals surface area contributed by atoms with Crippen LogP contribution in [0.3, 0.4) is 0 Å². The average molecular weight is 484 g/mol. The molecule has 0 saturated carbocycles. The van der Waals surface area contributed by atoms with Crippen molar-refractivity contribution in [3.63, 3.8) is 0 Å². The Hall–Kier alpha value is -2.25. The van der Waals surface area contributed by atoms with Crippen LogP contribution in [0.25, 0.3) is 0 Å². The van der Waals surface area contributed by atoms with Crippen LogP contribution in [-0.4, -0.2) is 20.9 Å². The summed E-state index contributed by atoms with van der Waals surface area (Å²) in [6, 6.07) is 17.2. The third-order valence-electron chi connectivity index (χ3n) is 4.27. The van der Waals surface area contributed by atoms with Crippen LogP contribution in [0.15, 0.2) is 71.6 Å². The highest BCUT2D eigenvalue weighted by Crippen LogP contribution is 2.32. The summed E-state index contributed by atoms with van der Waals surface area (Å²) in [5.41, 5.74) is 1.42. The Morgan fingerprint density at radius 1 is 0.933 bits per heavy atom. The third-order valence-corrected chi connectivity index (χ3v) is 6.82. The van der Waals surface area contributed by atoms with Gasteiger partial charge >= 0.3 is 0 Å². The van der Waals surface area contributed by atoms with Crippen LogP contribution in [0.1, 0.15) is 5.56 Å². The van der Waals surface area contributed by atoms with E-state index in [-0.39, 0.29) is 15.6 Å². The zero-order valence-electron chi connectivity index (χ0n) is 15.8. The van der Waals surface area contributed by atoms with E-state index in [2.05, 4.69) is 5.32 Å². The van der Waals surface area contributed by atoms with Crippen molar-refractivity contribution >= 4 is 62.1 Å². The molecule has 156 valence electrons. The Bertz CT molecular complexity index is 1190. The van der Waals surface area contributed by atoms with Crippen LogP contribution in [0.5, 0.6) is 0 Å². The Morgan fingerprint density at radius 3 is 2.23 bits per heavy atom. The van der Waals surface area contributed by atoms with E-state index < -0.39 is 22.5 Å². The van der Waals surface area contributed by atoms with Crippen molar-refractivity contribution in [1.29, 1.82) is 0 Å². The molecule has 0 aliphatic carbocycles. The normalized spacial score (nSPS) is 11.2. The molecule has 1 amide bonds. The second-order valence-electron chi connectivity index (χ2n) is 6.43. The molecule has 0 fully saturated rings. The average Bonchev–Trinajstić information content (AvgIpc) is 2.70. The highest BCUT2D eigenvalue weighted by molar-refractivity contribution is 7.92. The first-order chi connectivity index (χ1) is 14.2. The van der Waals surface area contributed by atoms with Gasteiger partial charge in [-0.05, 0) is 55.0 Å². The summed E-state index contributed by atoms with van der Waals surface area (Å²) in [5.74, 6) is -0.550. The number of hydrogen-bond donors (Lipinski definition) is 1. The zero-order valence-corrected chi connectivity index (χ0v) is 18.9. The highest BCUT2D eigenvalue weighted by Gasteiger charge is 2.29. The van der Waals surface area contributed by atoms with Gasteiger partial charge in [0.25, 0.3) is 10.0 Å². The van der Waals surface area contributed by atoms with Crippen molar-refractivity contribution in [2.24, 2.45) is 0 Å². The topological polar surface area (TPSA) is 66.5 Å². The molecule has 30 heavy (non-hydrogen) atoms. The molecule has 3 rings (SSSR count). The van der Waals surface area contributed by atoms with Gasteiger partial charge < -0.3 is 5.32 Å². The number of rotatable bonds is 6. The van der Waals surface area contributed by atoms with E-state index >= 15 is 0 Å². The minimum absolute atomic E-state index is 0.0303. The summed E-state index contributed by atoms with van der Waals surface area (Å²) in [6.07, 6.45) is 0. The number of sulfonamides is 1. The predicted octanol–water partition coefficient (Wildman–Crippen LogP) is 5.79. The first-order valence-corrected chi connectivity index (χ1v) is 11.3. The molecule has 0 aliphatic rings. The fourth-order valence-electron chi connectivity index (χ4n) is 2.75. The molecule has 0 heterocycles. The summed E-state index contributed by atoms with van der Waals surface area (Å²) in [7, 11) is -4.08. The Balaban J connectivity index is 1.99. The maximum Gasteiger partial charge on any atom is 0.264 e. The quantitative estimate of drug-likeness (QED) is 0.482. The molecule has 3 aromatic rings. The number of hydrogen-bond acceptors (Lipinski definition) is 3. The SMILES string of the molecule is Cc1ccc(Cl)cc1NC(=O)CN(c1ccc(Cl)cc1Cl)S(=O)(=O)c1ccccc1. The number of carbonyl (C=O) groups excluding carboxylic acids is 1. The van der Waals surface area contributed by atoms with Crippen molar-refractivity contribution < 1.29 is 13.2 Å². The fraction of sp³-hybridized carbons (Fsp3) is 0.0952. The van der Waals surface area contributed by atoms with Gasteiger partial charge in [-0.15, -0.1) is 0 Å². The molecule has 0 aromatic heterocycles. The van der Waals surface area contributed by atoms with Crippen molar-refractivity contribution in [2.45, 2.75) is 11.8 Å². The zero-order chi connectivity index (χ0) is 21.9. The van der Waals surface area contributed by atoms with Gasteiger partial charge in [0.05, 0.1) is 15.6 Å². The van der Waals surface area contributed by atoms with Crippen LogP contribution in [-0.2, 0) is 14.8 Å². The van der Waals surface area contributed by atoms with Gasteiger partial charge in [-0.3, -0.25) is 9.10 Å². The van der Waals surface area contributed by atoms with Crippen LogP contribution >= 0.6 is 34.8 Å². The van der Waals surface area contributed by atoms with E-state index in [1.807, 2.05) is 0 Å². The number of benzene rings is 3. The molecule has 0 spiro atoms. The van der Waals surface area contributed by atoms with Gasteiger partial charge in [0.1, 0.15) is 6.54 Å². The summed E-state index contributed by atoms with van der Waals surface area (Å²) in [6.45, 7) is 1.31. The lowest BCUT2D eigenvalue weighted by molar-refractivity contribution is -0.114. The molecular formula is C21H17Cl3N2O3S. The maximum absolute atomic E-state index is 13.3. The molecular weight excluding hydrogens is 467 g/mol. The largest absolute Gasteiger partial charge is 0.324 e. The summed E-state index contributed by atoms with van der Waals surface area (Å²) in [5, 5.41) is 3.61. The molecule has 0 aliphatic heterocycles. The predicted molar refractivity (Wildman–Crippen MR) is 122 cm³/mol. The highest BCUT2D eigenvalue weighted by atomic mass is 35.5. The van der Waals surface area contributed by atoms with E-state index in [9.17, 15) is 13.2 Å². The second-order valence-corrected chi connectivity index (χ2v) is 9.57. The summed E-state index contributed by atoms with van der Waals surface area (Å²) in [4.78, 5) is 12.8. The Morgan fingerprint density at radius 2 is 1.57 bits per heavy atom. The lowest BCUT2D eigenvalue weighted by Gasteiger charge is -2.25. The van der Waals surface area contributed by atoms with Crippen LogP contribution in [0, 0.1) is 6.92 Å². The minimum Gasteiger partial charge on any atom is -0.324 e. The van der Waals surface area contributed by atoms with Crippen LogP contribution in [0.2, 0.25) is 15.1 Å². The van der Waals surface area contributed by atoms with Crippen LogP contribution in [0.4, 0.5) is 11.4 Å². The molecule has 0 radical (unpaired) electrons. The molecule has 1 N–H and O–H groups in total. The summed E-state index contributed by atoms with van der Waals surface area (Å²) >= 11 is 18.2. The van der Waals surface area contributed by atoms with Gasteiger partial charge in [-0.25, -0.2) is 8.42 Å². The first-order valence-electron chi connectivity index (χ1n) is 8.77. The van der Waals surface area contributed by atoms with E-state index in [0.29, 0.717) is 15.7 Å². The van der Waals surface area contributed by atoms with Gasteiger partial charge in [0.2, 0.25) is 5.91 Å². The van der Waals surface area contributed by atoms with Gasteiger partial charge in [0, 0.05) is 15.7 Å². The smallest absolute Gasteiger partial charge is 0.264 e. The van der Waals surface area contributed by atoms with E-state index in [1.165, 1.54) is 30.3 Å². The number of amides is 1. The number of carbonyl (C=O) groups is 1. The molecule has 0 saturated heterocycles. The number of halogens is 3. The lowest BCUT2D eigenvalue weighted by atomic mass is 10.2. The van der Waals surface area contributed by atoms with E-state index in [1.54, 1.807) is 43.3 Å². The lowest BCUT2D eigenvalue weighted by Crippen LogP contribution is -2.38. The van der Waals surface area contributed by atoms with Gasteiger partial charge in [-0.2, -0.15) is 0 Å². The second kappa shape index (κ2) is 9.27. The van der Waals surface area contributed by atoms with Crippen molar-refractivity contribution in [3.05, 3.63) is 87.4 Å². The fourth-order valence-corrected chi connectivity index (χ4v) is 4.95. The van der Waals surface area contributed by atoms with Crippen LogP contribution < -0.4 is 9.62 Å². The molecule has 3 aromatic carbocycles. The first kappa shape index (κ1) is 22.4. The molecule has 9 heteroatoms. The number of nitrogens with zero attached hydrogens (tertiary/aromatic N) is 1. The number of aryl methyl sites for hydroxylation is 1. The monoisotopic (exact) mass is 482 g/mol. The van der Waals surface area contributed by atoms with Gasteiger partial charge in [-0.1, -0.05) is 59.1 Å². The molecule has 5 nitrogen and oxygen atoms in total. The number of anilines is 2. The molecule has 0 unspecified atom stereocenters. The van der Waals surface area contributed by atoms with Crippen molar-refractivity contribution in [1.82, 2.24) is 0 Å². The summed E-state index contributed by atoms with van der Waals surface area (Å²) < 4.78 is 27.6. The van der Waals surface area contributed by atoms with Crippen molar-refractivity contribution in [2.75, 3.05) is 16.2 Å². The third kappa shape index (κ3) is 5.08. The minimum atomic E-state index is -4.08. The van der Waals surface area contributed by atoms with E-state index in [4.69, 9.17) is 34.8 Å². The molecule has 0 atom stereocenters. The maximum atomic E-state index is 13.3. The van der Waals surface area contributed by atoms with Crippen molar-refractivity contribution in [3.8, 4) is 0 Å². The Labute approximate surface area is 190 Å². The van der Waals surface area contributed by atoms with Gasteiger partial charge in [0.15, 0.2) is 0 Å². The Kier molecular flexibility index (Phi) is 6.93.